The van der Waals surface area contributed by atoms with Crippen LogP contribution in [-0.2, 0) is 20.1 Å². The molecule has 0 aliphatic heterocycles. The summed E-state index contributed by atoms with van der Waals surface area (Å²) in [4.78, 5) is 10.9. The number of nitrogens with zero attached hydrogens (tertiary/aromatic N) is 5. The molecule has 3 aromatic rings. The fourth-order valence-corrected chi connectivity index (χ4v) is 2.76. The highest BCUT2D eigenvalue weighted by Gasteiger charge is 2.13. The second-order valence-electron chi connectivity index (χ2n) is 6.12. The van der Waals surface area contributed by atoms with Crippen molar-refractivity contribution in [2.75, 3.05) is 13.6 Å². The Bertz CT molecular complexity index is 935. The van der Waals surface area contributed by atoms with Crippen molar-refractivity contribution in [2.45, 2.75) is 26.9 Å². The molecular formula is C18H24FIN6O. The monoisotopic (exact) mass is 486 g/mol. The molecule has 0 fully saturated rings. The van der Waals surface area contributed by atoms with E-state index in [0.717, 1.165) is 35.0 Å². The van der Waals surface area contributed by atoms with E-state index in [1.54, 1.807) is 10.7 Å². The number of aryl methyl sites for hydroxylation is 2. The smallest absolute Gasteiger partial charge is 0.194 e. The molecule has 0 atom stereocenters. The topological polar surface area (TPSA) is 71.5 Å². The number of aromatic nitrogens is 3. The van der Waals surface area contributed by atoms with E-state index in [2.05, 4.69) is 20.4 Å². The molecule has 0 saturated heterocycles. The van der Waals surface area contributed by atoms with Crippen LogP contribution in [0.2, 0.25) is 0 Å². The number of guanidine groups is 1. The number of aliphatic imine (C=N–C) groups is 1. The summed E-state index contributed by atoms with van der Waals surface area (Å²) in [5.41, 5.74) is 1.58. The molecule has 0 bridgehead atoms. The van der Waals surface area contributed by atoms with Gasteiger partial charge < -0.3 is 14.6 Å². The van der Waals surface area contributed by atoms with Crippen LogP contribution in [0.5, 0.6) is 0 Å². The van der Waals surface area contributed by atoms with E-state index in [0.29, 0.717) is 18.7 Å². The van der Waals surface area contributed by atoms with Gasteiger partial charge in [0.15, 0.2) is 5.96 Å². The molecule has 2 aromatic heterocycles. The second-order valence-corrected chi connectivity index (χ2v) is 6.12. The van der Waals surface area contributed by atoms with Crippen molar-refractivity contribution in [3.05, 3.63) is 47.5 Å². The molecule has 3 rings (SSSR count). The maximum Gasteiger partial charge on any atom is 0.194 e. The third-order valence-electron chi connectivity index (χ3n) is 4.25. The van der Waals surface area contributed by atoms with Gasteiger partial charge in [-0.1, -0.05) is 0 Å². The fraction of sp³-hybridized carbons (Fsp3) is 0.389. The van der Waals surface area contributed by atoms with Crippen molar-refractivity contribution in [1.82, 2.24) is 25.0 Å². The Morgan fingerprint density at radius 2 is 2.19 bits per heavy atom. The predicted molar refractivity (Wildman–Crippen MR) is 114 cm³/mol. The van der Waals surface area contributed by atoms with Gasteiger partial charge in [0.25, 0.3) is 0 Å². The van der Waals surface area contributed by atoms with E-state index >= 15 is 0 Å². The number of rotatable bonds is 5. The molecule has 0 spiro atoms. The normalized spacial score (nSPS) is 11.5. The maximum absolute atomic E-state index is 13.5. The summed E-state index contributed by atoms with van der Waals surface area (Å²) >= 11 is 0. The quantitative estimate of drug-likeness (QED) is 0.341. The standard InChI is InChI=1S/C18H23FN6O.HI/c1-5-20-18(24(3)10-17-22-11-23-25(17)4)21-9-16-12(2)14-8-13(19)6-7-15(14)26-16;/h6-8,11H,5,9-10H2,1-4H3,(H,20,21);1H. The van der Waals surface area contributed by atoms with Crippen molar-refractivity contribution in [2.24, 2.45) is 12.0 Å². The molecular weight excluding hydrogens is 462 g/mol. The molecule has 0 saturated carbocycles. The van der Waals surface area contributed by atoms with Gasteiger partial charge in [-0.05, 0) is 32.0 Å². The first kappa shape index (κ1) is 21.1. The van der Waals surface area contributed by atoms with Gasteiger partial charge in [0.1, 0.15) is 35.9 Å². The third kappa shape index (κ3) is 4.76. The number of halogens is 2. The van der Waals surface area contributed by atoms with E-state index in [-0.39, 0.29) is 29.8 Å². The number of fused-ring (bicyclic) bond motifs is 1. The Morgan fingerprint density at radius 3 is 2.85 bits per heavy atom. The van der Waals surface area contributed by atoms with Crippen LogP contribution in [0.3, 0.4) is 0 Å². The van der Waals surface area contributed by atoms with E-state index in [9.17, 15) is 4.39 Å². The summed E-state index contributed by atoms with van der Waals surface area (Å²) in [7, 11) is 3.80. The molecule has 0 aliphatic carbocycles. The van der Waals surface area contributed by atoms with Gasteiger partial charge >= 0.3 is 0 Å². The van der Waals surface area contributed by atoms with Crippen molar-refractivity contribution >= 4 is 40.9 Å². The summed E-state index contributed by atoms with van der Waals surface area (Å²) in [6.45, 7) is 5.62. The zero-order valence-corrected chi connectivity index (χ0v) is 18.2. The van der Waals surface area contributed by atoms with Gasteiger partial charge in [-0.3, -0.25) is 4.68 Å². The zero-order chi connectivity index (χ0) is 18.7. The highest BCUT2D eigenvalue weighted by atomic mass is 127. The SMILES string of the molecule is CCNC(=NCc1oc2ccc(F)cc2c1C)N(C)Cc1ncnn1C.I. The van der Waals surface area contributed by atoms with Gasteiger partial charge in [0, 0.05) is 31.6 Å². The van der Waals surface area contributed by atoms with Gasteiger partial charge in [-0.25, -0.2) is 14.4 Å². The summed E-state index contributed by atoms with van der Waals surface area (Å²) in [5.74, 6) is 2.04. The van der Waals surface area contributed by atoms with Crippen LogP contribution in [0.1, 0.15) is 24.1 Å². The molecule has 0 radical (unpaired) electrons. The Hall–Kier alpha value is -2.17. The minimum atomic E-state index is -0.270. The van der Waals surface area contributed by atoms with Crippen molar-refractivity contribution in [3.8, 4) is 0 Å². The molecule has 27 heavy (non-hydrogen) atoms. The van der Waals surface area contributed by atoms with Crippen LogP contribution < -0.4 is 5.32 Å². The first-order valence-electron chi connectivity index (χ1n) is 8.49. The minimum absolute atomic E-state index is 0. The van der Waals surface area contributed by atoms with Crippen molar-refractivity contribution < 1.29 is 8.81 Å². The lowest BCUT2D eigenvalue weighted by atomic mass is 10.1. The summed E-state index contributed by atoms with van der Waals surface area (Å²) in [6, 6.07) is 4.54. The Kier molecular flexibility index (Phi) is 7.17. The zero-order valence-electron chi connectivity index (χ0n) is 15.9. The van der Waals surface area contributed by atoms with Crippen LogP contribution >= 0.6 is 24.0 Å². The maximum atomic E-state index is 13.5. The largest absolute Gasteiger partial charge is 0.459 e. The number of hydrogen-bond acceptors (Lipinski definition) is 4. The van der Waals surface area contributed by atoms with E-state index in [4.69, 9.17) is 4.42 Å². The third-order valence-corrected chi connectivity index (χ3v) is 4.25. The lowest BCUT2D eigenvalue weighted by Crippen LogP contribution is -2.39. The average Bonchev–Trinajstić information content (AvgIpc) is 3.15. The van der Waals surface area contributed by atoms with Gasteiger partial charge in [-0.2, -0.15) is 5.10 Å². The van der Waals surface area contributed by atoms with Crippen molar-refractivity contribution in [1.29, 1.82) is 0 Å². The summed E-state index contributed by atoms with van der Waals surface area (Å²) < 4.78 is 21.0. The molecule has 7 nitrogen and oxygen atoms in total. The van der Waals surface area contributed by atoms with Crippen LogP contribution in [0, 0.1) is 12.7 Å². The highest BCUT2D eigenvalue weighted by Crippen LogP contribution is 2.26. The van der Waals surface area contributed by atoms with Crippen LogP contribution in [-0.4, -0.2) is 39.2 Å². The first-order valence-corrected chi connectivity index (χ1v) is 8.49. The number of furan rings is 1. The van der Waals surface area contributed by atoms with E-state index in [1.165, 1.54) is 18.5 Å². The predicted octanol–water partition coefficient (Wildman–Crippen LogP) is 3.22. The van der Waals surface area contributed by atoms with E-state index in [1.807, 2.05) is 32.8 Å². The van der Waals surface area contributed by atoms with Gasteiger partial charge in [-0.15, -0.1) is 24.0 Å². The molecule has 2 heterocycles. The number of hydrogen-bond donors (Lipinski definition) is 1. The molecule has 1 aromatic carbocycles. The lowest BCUT2D eigenvalue weighted by Gasteiger charge is -2.21. The average molecular weight is 486 g/mol. The molecule has 1 N–H and O–H groups in total. The highest BCUT2D eigenvalue weighted by molar-refractivity contribution is 14.0. The summed E-state index contributed by atoms with van der Waals surface area (Å²) in [6.07, 6.45) is 1.53. The number of benzene rings is 1. The molecule has 0 amide bonds. The van der Waals surface area contributed by atoms with Crippen LogP contribution in [0.4, 0.5) is 4.39 Å². The van der Waals surface area contributed by atoms with Crippen LogP contribution in [0.15, 0.2) is 33.9 Å². The van der Waals surface area contributed by atoms with E-state index < -0.39 is 0 Å². The molecule has 0 unspecified atom stereocenters. The molecule has 146 valence electrons. The first-order chi connectivity index (χ1) is 12.5. The second kappa shape index (κ2) is 9.16. The number of nitrogens with one attached hydrogen (secondary N) is 1. The van der Waals surface area contributed by atoms with Crippen LogP contribution in [0.25, 0.3) is 11.0 Å². The Morgan fingerprint density at radius 1 is 1.41 bits per heavy atom. The van der Waals surface area contributed by atoms with Crippen molar-refractivity contribution in [3.63, 3.8) is 0 Å². The Labute approximate surface area is 174 Å². The fourth-order valence-electron chi connectivity index (χ4n) is 2.76. The molecule has 0 aliphatic rings. The van der Waals surface area contributed by atoms with Gasteiger partial charge in [0.05, 0.1) is 6.54 Å². The minimum Gasteiger partial charge on any atom is -0.459 e. The molecule has 9 heteroatoms. The summed E-state index contributed by atoms with van der Waals surface area (Å²) in [5, 5.41) is 8.13. The van der Waals surface area contributed by atoms with Gasteiger partial charge in [0.2, 0.25) is 0 Å². The Balaban J connectivity index is 0.00000261. The lowest BCUT2D eigenvalue weighted by molar-refractivity contribution is 0.446.